The summed E-state index contributed by atoms with van der Waals surface area (Å²) in [7, 11) is 0. The number of fused-ring (bicyclic) bond motifs is 1. The van der Waals surface area contributed by atoms with E-state index >= 15 is 0 Å². The summed E-state index contributed by atoms with van der Waals surface area (Å²) in [5.41, 5.74) is 1.60. The molecule has 0 bridgehead atoms. The zero-order valence-electron chi connectivity index (χ0n) is 8.04. The van der Waals surface area contributed by atoms with E-state index in [0.29, 0.717) is 5.02 Å². The number of benzene rings is 1. The third kappa shape index (κ3) is 1.34. The number of halogens is 1. The van der Waals surface area contributed by atoms with Crippen LogP contribution in [0.5, 0.6) is 0 Å². The van der Waals surface area contributed by atoms with Crippen LogP contribution in [-0.4, -0.2) is 9.55 Å². The van der Waals surface area contributed by atoms with E-state index in [0.717, 1.165) is 11.0 Å². The van der Waals surface area contributed by atoms with Gasteiger partial charge in [0, 0.05) is 11.1 Å². The molecule has 0 radical (unpaired) electrons. The summed E-state index contributed by atoms with van der Waals surface area (Å²) in [6.07, 6.45) is 0. The Kier molecular flexibility index (Phi) is 2.11. The minimum atomic E-state index is -0.0859. The maximum absolute atomic E-state index is 11.6. The van der Waals surface area contributed by atoms with Gasteiger partial charge in [-0.25, -0.2) is 4.79 Å². The summed E-state index contributed by atoms with van der Waals surface area (Å²) in [6, 6.07) is 5.56. The van der Waals surface area contributed by atoms with E-state index in [-0.39, 0.29) is 11.7 Å². The number of H-pyrrole nitrogens is 1. The average Bonchev–Trinajstić information content (AvgIpc) is 2.39. The molecule has 0 amide bonds. The number of hydrogen-bond acceptors (Lipinski definition) is 1. The van der Waals surface area contributed by atoms with E-state index < -0.39 is 0 Å². The van der Waals surface area contributed by atoms with Crippen LogP contribution in [0, 0.1) is 0 Å². The number of nitrogens with one attached hydrogen (secondary N) is 1. The van der Waals surface area contributed by atoms with Crippen molar-refractivity contribution in [1.82, 2.24) is 9.55 Å². The van der Waals surface area contributed by atoms with E-state index in [1.54, 1.807) is 16.7 Å². The van der Waals surface area contributed by atoms with Gasteiger partial charge in [0.15, 0.2) is 0 Å². The Hall–Kier alpha value is -1.22. The van der Waals surface area contributed by atoms with Crippen LogP contribution in [0.2, 0.25) is 5.02 Å². The first-order valence-corrected chi connectivity index (χ1v) is 4.87. The third-order valence-electron chi connectivity index (χ3n) is 2.19. The van der Waals surface area contributed by atoms with Crippen molar-refractivity contribution in [2.45, 2.75) is 19.9 Å². The van der Waals surface area contributed by atoms with Gasteiger partial charge >= 0.3 is 5.69 Å². The minimum absolute atomic E-state index is 0.0859. The van der Waals surface area contributed by atoms with Crippen molar-refractivity contribution in [2.24, 2.45) is 0 Å². The summed E-state index contributed by atoms with van der Waals surface area (Å²) >= 11 is 5.83. The van der Waals surface area contributed by atoms with Crippen LogP contribution >= 0.6 is 11.6 Å². The van der Waals surface area contributed by atoms with Gasteiger partial charge in [0.1, 0.15) is 0 Å². The Morgan fingerprint density at radius 3 is 2.79 bits per heavy atom. The summed E-state index contributed by atoms with van der Waals surface area (Å²) in [5, 5.41) is 0.634. The lowest BCUT2D eigenvalue weighted by molar-refractivity contribution is 0.598. The number of rotatable bonds is 1. The first-order valence-electron chi connectivity index (χ1n) is 4.49. The Balaban J connectivity index is 2.84. The van der Waals surface area contributed by atoms with Crippen LogP contribution in [-0.2, 0) is 0 Å². The fourth-order valence-corrected chi connectivity index (χ4v) is 1.79. The average molecular weight is 211 g/mol. The predicted molar refractivity (Wildman–Crippen MR) is 58.0 cm³/mol. The first kappa shape index (κ1) is 9.34. The van der Waals surface area contributed by atoms with Crippen molar-refractivity contribution < 1.29 is 0 Å². The number of aromatic amines is 1. The molecule has 1 heterocycles. The molecule has 14 heavy (non-hydrogen) atoms. The fourth-order valence-electron chi connectivity index (χ4n) is 1.62. The molecule has 1 aromatic carbocycles. The molecular weight excluding hydrogens is 200 g/mol. The van der Waals surface area contributed by atoms with E-state index in [1.807, 2.05) is 19.9 Å². The molecule has 0 aliphatic heterocycles. The quantitative estimate of drug-likeness (QED) is 0.772. The lowest BCUT2D eigenvalue weighted by Gasteiger charge is -2.06. The third-order valence-corrected chi connectivity index (χ3v) is 2.43. The zero-order chi connectivity index (χ0) is 10.3. The second-order valence-electron chi connectivity index (χ2n) is 3.56. The van der Waals surface area contributed by atoms with Gasteiger partial charge in [0.25, 0.3) is 0 Å². The highest BCUT2D eigenvalue weighted by Gasteiger charge is 2.08. The molecule has 0 saturated carbocycles. The van der Waals surface area contributed by atoms with E-state index in [2.05, 4.69) is 4.98 Å². The second kappa shape index (κ2) is 3.17. The number of imidazole rings is 1. The molecule has 4 heteroatoms. The van der Waals surface area contributed by atoms with E-state index in [9.17, 15) is 4.79 Å². The lowest BCUT2D eigenvalue weighted by Crippen LogP contribution is -2.18. The van der Waals surface area contributed by atoms with Crippen LogP contribution in [0.1, 0.15) is 19.9 Å². The predicted octanol–water partition coefficient (Wildman–Crippen LogP) is 2.56. The van der Waals surface area contributed by atoms with Crippen molar-refractivity contribution >= 4 is 22.6 Å². The molecule has 2 rings (SSSR count). The van der Waals surface area contributed by atoms with Gasteiger partial charge < -0.3 is 4.98 Å². The van der Waals surface area contributed by atoms with Crippen molar-refractivity contribution in [3.05, 3.63) is 33.7 Å². The van der Waals surface area contributed by atoms with Gasteiger partial charge in [-0.3, -0.25) is 4.57 Å². The van der Waals surface area contributed by atoms with Gasteiger partial charge in [-0.2, -0.15) is 0 Å². The Morgan fingerprint density at radius 2 is 2.14 bits per heavy atom. The monoisotopic (exact) mass is 210 g/mol. The van der Waals surface area contributed by atoms with Crippen molar-refractivity contribution in [2.75, 3.05) is 0 Å². The van der Waals surface area contributed by atoms with Gasteiger partial charge in [-0.05, 0) is 32.0 Å². The highest BCUT2D eigenvalue weighted by Crippen LogP contribution is 2.18. The molecule has 0 spiro atoms. The van der Waals surface area contributed by atoms with Gasteiger partial charge in [-0.15, -0.1) is 0 Å². The standard InChI is InChI=1S/C10H11ClN2O/c1-6(2)13-9-4-3-7(11)5-8(9)12-10(13)14/h3-6H,1-2H3,(H,12,14). The van der Waals surface area contributed by atoms with E-state index in [4.69, 9.17) is 11.6 Å². The number of nitrogens with zero attached hydrogens (tertiary/aromatic N) is 1. The van der Waals surface area contributed by atoms with Gasteiger partial charge in [-0.1, -0.05) is 11.6 Å². The second-order valence-corrected chi connectivity index (χ2v) is 3.99. The molecule has 2 aromatic rings. The minimum Gasteiger partial charge on any atom is -0.305 e. The Morgan fingerprint density at radius 1 is 1.43 bits per heavy atom. The summed E-state index contributed by atoms with van der Waals surface area (Å²) < 4.78 is 1.71. The molecule has 1 N–H and O–H groups in total. The molecule has 0 atom stereocenters. The SMILES string of the molecule is CC(C)n1c(=O)[nH]c2cc(Cl)ccc21. The Bertz CT molecular complexity index is 524. The van der Waals surface area contributed by atoms with E-state index in [1.165, 1.54) is 0 Å². The smallest absolute Gasteiger partial charge is 0.305 e. The summed E-state index contributed by atoms with van der Waals surface area (Å²) in [4.78, 5) is 14.3. The van der Waals surface area contributed by atoms with Crippen LogP contribution in [0.25, 0.3) is 11.0 Å². The van der Waals surface area contributed by atoms with Gasteiger partial charge in [0.2, 0.25) is 0 Å². The van der Waals surface area contributed by atoms with Crippen molar-refractivity contribution in [1.29, 1.82) is 0 Å². The molecule has 74 valence electrons. The largest absolute Gasteiger partial charge is 0.326 e. The Labute approximate surface area is 86.3 Å². The topological polar surface area (TPSA) is 37.8 Å². The highest BCUT2D eigenvalue weighted by molar-refractivity contribution is 6.31. The fraction of sp³-hybridized carbons (Fsp3) is 0.300. The molecule has 0 aliphatic rings. The van der Waals surface area contributed by atoms with Gasteiger partial charge in [0.05, 0.1) is 11.0 Å². The van der Waals surface area contributed by atoms with Crippen molar-refractivity contribution in [3.8, 4) is 0 Å². The van der Waals surface area contributed by atoms with Crippen molar-refractivity contribution in [3.63, 3.8) is 0 Å². The summed E-state index contributed by atoms with van der Waals surface area (Å²) in [6.45, 7) is 3.95. The maximum atomic E-state index is 11.6. The summed E-state index contributed by atoms with van der Waals surface area (Å²) in [5.74, 6) is 0. The van der Waals surface area contributed by atoms with Crippen LogP contribution in [0.4, 0.5) is 0 Å². The van der Waals surface area contributed by atoms with Crippen LogP contribution < -0.4 is 5.69 Å². The highest BCUT2D eigenvalue weighted by atomic mass is 35.5. The molecular formula is C10H11ClN2O. The van der Waals surface area contributed by atoms with Crippen LogP contribution in [0.15, 0.2) is 23.0 Å². The molecule has 3 nitrogen and oxygen atoms in total. The zero-order valence-corrected chi connectivity index (χ0v) is 8.80. The maximum Gasteiger partial charge on any atom is 0.326 e. The number of hydrogen-bond donors (Lipinski definition) is 1. The molecule has 1 aromatic heterocycles. The normalized spacial score (nSPS) is 11.4. The molecule has 0 aliphatic carbocycles. The molecule has 0 unspecified atom stereocenters. The lowest BCUT2D eigenvalue weighted by atomic mass is 10.3. The molecule has 0 fully saturated rings. The first-order chi connectivity index (χ1) is 6.59. The van der Waals surface area contributed by atoms with Crippen LogP contribution in [0.3, 0.4) is 0 Å². The number of aromatic nitrogens is 2. The molecule has 0 saturated heterocycles.